The predicted molar refractivity (Wildman–Crippen MR) is 50.9 cm³/mol. The molecule has 0 fully saturated rings. The third-order valence-electron chi connectivity index (χ3n) is 1.47. The molecule has 0 spiro atoms. The molecule has 0 amide bonds. The minimum atomic E-state index is -0.712. The molecule has 0 aliphatic carbocycles. The lowest BCUT2D eigenvalue weighted by molar-refractivity contribution is -0.386. The van der Waals surface area contributed by atoms with Crippen molar-refractivity contribution in [2.45, 2.75) is 6.42 Å². The second-order valence-electron chi connectivity index (χ2n) is 2.50. The normalized spacial score (nSPS) is 10.0. The van der Waals surface area contributed by atoms with Gasteiger partial charge in [0.2, 0.25) is 5.15 Å². The quantitative estimate of drug-likeness (QED) is 0.350. The van der Waals surface area contributed by atoms with Crippen LogP contribution in [0.5, 0.6) is 5.88 Å². The van der Waals surface area contributed by atoms with Gasteiger partial charge in [0, 0.05) is 13.0 Å². The molecular weight excluding hydrogens is 226 g/mol. The summed E-state index contributed by atoms with van der Waals surface area (Å²) in [6, 6.07) is 0. The molecule has 1 N–H and O–H groups in total. The number of halogens is 1. The van der Waals surface area contributed by atoms with Crippen molar-refractivity contribution in [2.24, 2.45) is 0 Å². The molecule has 0 radical (unpaired) electrons. The first-order chi connectivity index (χ1) is 7.16. The summed E-state index contributed by atoms with van der Waals surface area (Å²) in [6.07, 6.45) is 1.43. The lowest BCUT2D eigenvalue weighted by atomic mass is 10.5. The van der Waals surface area contributed by atoms with Crippen LogP contribution in [0.25, 0.3) is 0 Å². The Morgan fingerprint density at radius 2 is 2.33 bits per heavy atom. The highest BCUT2D eigenvalue weighted by Crippen LogP contribution is 2.29. The van der Waals surface area contributed by atoms with Gasteiger partial charge in [0.05, 0.1) is 11.5 Å². The Morgan fingerprint density at radius 3 is 2.93 bits per heavy atom. The number of nitro groups is 1. The summed E-state index contributed by atoms with van der Waals surface area (Å²) in [5.41, 5.74) is -0.461. The van der Waals surface area contributed by atoms with Gasteiger partial charge < -0.3 is 9.84 Å². The summed E-state index contributed by atoms with van der Waals surface area (Å²) in [7, 11) is 0. The predicted octanol–water partition coefficient (Wildman–Crippen LogP) is 0.799. The third kappa shape index (κ3) is 3.00. The molecule has 8 heteroatoms. The van der Waals surface area contributed by atoms with E-state index in [1.54, 1.807) is 0 Å². The molecule has 0 atom stereocenters. The van der Waals surface area contributed by atoms with Crippen LogP contribution >= 0.6 is 11.6 Å². The van der Waals surface area contributed by atoms with E-state index in [-0.39, 0.29) is 24.2 Å². The van der Waals surface area contributed by atoms with E-state index in [0.29, 0.717) is 6.42 Å². The fraction of sp³-hybridized carbons (Fsp3) is 0.429. The molecule has 1 aromatic rings. The average molecular weight is 234 g/mol. The first-order valence-corrected chi connectivity index (χ1v) is 4.43. The molecule has 0 bridgehead atoms. The van der Waals surface area contributed by atoms with Gasteiger partial charge in [-0.3, -0.25) is 10.1 Å². The van der Waals surface area contributed by atoms with Gasteiger partial charge in [0.25, 0.3) is 5.88 Å². The molecule has 7 nitrogen and oxygen atoms in total. The Kier molecular flexibility index (Phi) is 4.19. The fourth-order valence-corrected chi connectivity index (χ4v) is 1.03. The molecule has 0 aliphatic rings. The summed E-state index contributed by atoms with van der Waals surface area (Å²) >= 11 is 5.52. The maximum atomic E-state index is 10.6. The smallest absolute Gasteiger partial charge is 0.367 e. The average Bonchev–Trinajstić information content (AvgIpc) is 2.17. The lowest BCUT2D eigenvalue weighted by Crippen LogP contribution is -2.05. The zero-order valence-corrected chi connectivity index (χ0v) is 8.35. The maximum absolute atomic E-state index is 10.6. The van der Waals surface area contributed by atoms with Crippen molar-refractivity contribution in [3.63, 3.8) is 0 Å². The van der Waals surface area contributed by atoms with Crippen molar-refractivity contribution >= 4 is 17.3 Å². The summed E-state index contributed by atoms with van der Waals surface area (Å²) in [5, 5.41) is 18.8. The van der Waals surface area contributed by atoms with Crippen LogP contribution in [0.3, 0.4) is 0 Å². The molecular formula is C7H8ClN3O4. The van der Waals surface area contributed by atoms with E-state index in [1.165, 1.54) is 0 Å². The number of aromatic nitrogens is 2. The topological polar surface area (TPSA) is 98.4 Å². The third-order valence-corrected chi connectivity index (χ3v) is 1.74. The van der Waals surface area contributed by atoms with Crippen molar-refractivity contribution in [1.82, 2.24) is 9.97 Å². The molecule has 1 rings (SSSR count). The van der Waals surface area contributed by atoms with Crippen LogP contribution in [0, 0.1) is 10.1 Å². The van der Waals surface area contributed by atoms with Crippen LogP contribution in [0.4, 0.5) is 5.69 Å². The van der Waals surface area contributed by atoms with Crippen molar-refractivity contribution in [3.05, 3.63) is 21.6 Å². The van der Waals surface area contributed by atoms with E-state index in [0.717, 1.165) is 6.33 Å². The first-order valence-electron chi connectivity index (χ1n) is 4.05. The number of hydrogen-bond acceptors (Lipinski definition) is 6. The van der Waals surface area contributed by atoms with E-state index < -0.39 is 10.6 Å². The SMILES string of the molecule is O=[N+]([O-])c1c(Cl)ncnc1OCCCO. The van der Waals surface area contributed by atoms with Crippen LogP contribution in [0.2, 0.25) is 5.15 Å². The van der Waals surface area contributed by atoms with Crippen LogP contribution in [0.15, 0.2) is 6.33 Å². The second kappa shape index (κ2) is 5.42. The molecule has 82 valence electrons. The number of aliphatic hydroxyl groups is 1. The van der Waals surface area contributed by atoms with E-state index in [4.69, 9.17) is 21.4 Å². The lowest BCUT2D eigenvalue weighted by Gasteiger charge is -2.04. The van der Waals surface area contributed by atoms with Crippen LogP contribution in [0.1, 0.15) is 6.42 Å². The highest BCUT2D eigenvalue weighted by atomic mass is 35.5. The zero-order chi connectivity index (χ0) is 11.3. The first kappa shape index (κ1) is 11.6. The Hall–Kier alpha value is -1.47. The van der Waals surface area contributed by atoms with Crippen molar-refractivity contribution in [2.75, 3.05) is 13.2 Å². The van der Waals surface area contributed by atoms with E-state index in [2.05, 4.69) is 9.97 Å². The molecule has 0 aromatic carbocycles. The minimum Gasteiger partial charge on any atom is -0.473 e. The molecule has 0 saturated heterocycles. The van der Waals surface area contributed by atoms with Gasteiger partial charge in [-0.2, -0.15) is 4.98 Å². The number of nitrogens with zero attached hydrogens (tertiary/aromatic N) is 3. The Labute approximate surface area is 89.8 Å². The van der Waals surface area contributed by atoms with Crippen molar-refractivity contribution in [1.29, 1.82) is 0 Å². The number of ether oxygens (including phenoxy) is 1. The van der Waals surface area contributed by atoms with Crippen molar-refractivity contribution < 1.29 is 14.8 Å². The summed E-state index contributed by atoms with van der Waals surface area (Å²) in [5.74, 6) is -0.187. The summed E-state index contributed by atoms with van der Waals surface area (Å²) in [6.45, 7) is 0.0668. The van der Waals surface area contributed by atoms with Gasteiger partial charge in [0.15, 0.2) is 0 Å². The van der Waals surface area contributed by atoms with E-state index >= 15 is 0 Å². The molecule has 1 aromatic heterocycles. The number of aliphatic hydroxyl groups excluding tert-OH is 1. The Balaban J connectivity index is 2.86. The van der Waals surface area contributed by atoms with Crippen molar-refractivity contribution in [3.8, 4) is 5.88 Å². The zero-order valence-electron chi connectivity index (χ0n) is 7.59. The molecule has 0 saturated carbocycles. The van der Waals surface area contributed by atoms with Crippen LogP contribution < -0.4 is 4.74 Å². The molecule has 0 aliphatic heterocycles. The summed E-state index contributed by atoms with van der Waals surface area (Å²) in [4.78, 5) is 16.9. The highest BCUT2D eigenvalue weighted by Gasteiger charge is 2.22. The highest BCUT2D eigenvalue weighted by molar-refractivity contribution is 6.31. The van der Waals surface area contributed by atoms with E-state index in [9.17, 15) is 10.1 Å². The number of hydrogen-bond donors (Lipinski definition) is 1. The van der Waals surface area contributed by atoms with Crippen LogP contribution in [-0.4, -0.2) is 33.2 Å². The number of rotatable bonds is 5. The largest absolute Gasteiger partial charge is 0.473 e. The Bertz CT molecular complexity index is 360. The van der Waals surface area contributed by atoms with Gasteiger partial charge in [-0.15, -0.1) is 0 Å². The monoisotopic (exact) mass is 233 g/mol. The fourth-order valence-electron chi connectivity index (χ4n) is 0.835. The molecule has 0 unspecified atom stereocenters. The maximum Gasteiger partial charge on any atom is 0.367 e. The van der Waals surface area contributed by atoms with Gasteiger partial charge in [0.1, 0.15) is 6.33 Å². The van der Waals surface area contributed by atoms with Gasteiger partial charge in [-0.05, 0) is 0 Å². The van der Waals surface area contributed by atoms with Gasteiger partial charge in [-0.25, -0.2) is 4.98 Å². The molecule has 15 heavy (non-hydrogen) atoms. The van der Waals surface area contributed by atoms with E-state index in [1.807, 2.05) is 0 Å². The standard InChI is InChI=1S/C7H8ClN3O4/c8-6-5(11(13)14)7(10-4-9-6)15-3-1-2-12/h4,12H,1-3H2. The van der Waals surface area contributed by atoms with Crippen LogP contribution in [-0.2, 0) is 0 Å². The van der Waals surface area contributed by atoms with Gasteiger partial charge in [-0.1, -0.05) is 11.6 Å². The second-order valence-corrected chi connectivity index (χ2v) is 2.86. The Morgan fingerprint density at radius 1 is 1.60 bits per heavy atom. The summed E-state index contributed by atoms with van der Waals surface area (Å²) < 4.78 is 4.98. The molecule has 1 heterocycles. The minimum absolute atomic E-state index is 0.0629. The van der Waals surface area contributed by atoms with Gasteiger partial charge >= 0.3 is 5.69 Å².